The highest BCUT2D eigenvalue weighted by molar-refractivity contribution is 6.32. The Bertz CT molecular complexity index is 369. The summed E-state index contributed by atoms with van der Waals surface area (Å²) in [5.41, 5.74) is 7.10. The number of hydrogen-bond donors (Lipinski definition) is 1. The van der Waals surface area contributed by atoms with Gasteiger partial charge in [-0.05, 0) is 24.1 Å². The third-order valence-electron chi connectivity index (χ3n) is 2.75. The lowest BCUT2D eigenvalue weighted by molar-refractivity contribution is 0.354. The molecular formula is C13H20ClNO2. The van der Waals surface area contributed by atoms with Crippen molar-refractivity contribution in [3.63, 3.8) is 0 Å². The Morgan fingerprint density at radius 2 is 2.00 bits per heavy atom. The SMILES string of the molecule is CCCCC(N)c1cc(Cl)c(OC)c(OC)c1. The van der Waals surface area contributed by atoms with Crippen LogP contribution in [0.25, 0.3) is 0 Å². The molecular weight excluding hydrogens is 238 g/mol. The lowest BCUT2D eigenvalue weighted by atomic mass is 10.0. The average molecular weight is 258 g/mol. The molecule has 1 aromatic carbocycles. The van der Waals surface area contributed by atoms with Gasteiger partial charge >= 0.3 is 0 Å². The van der Waals surface area contributed by atoms with Gasteiger partial charge in [-0.2, -0.15) is 0 Å². The van der Waals surface area contributed by atoms with Crippen LogP contribution in [0.5, 0.6) is 11.5 Å². The molecule has 0 aliphatic heterocycles. The number of halogens is 1. The van der Waals surface area contributed by atoms with E-state index in [-0.39, 0.29) is 6.04 Å². The van der Waals surface area contributed by atoms with Crippen LogP contribution in [-0.4, -0.2) is 14.2 Å². The summed E-state index contributed by atoms with van der Waals surface area (Å²) >= 11 is 6.13. The molecule has 1 rings (SSSR count). The Morgan fingerprint density at radius 3 is 2.53 bits per heavy atom. The first-order chi connectivity index (χ1) is 8.13. The normalized spacial score (nSPS) is 12.3. The van der Waals surface area contributed by atoms with E-state index < -0.39 is 0 Å². The quantitative estimate of drug-likeness (QED) is 0.848. The summed E-state index contributed by atoms with van der Waals surface area (Å²) in [6, 6.07) is 3.74. The van der Waals surface area contributed by atoms with E-state index in [2.05, 4.69) is 6.92 Å². The van der Waals surface area contributed by atoms with Crippen molar-refractivity contribution >= 4 is 11.6 Å². The van der Waals surface area contributed by atoms with E-state index in [1.165, 1.54) is 0 Å². The van der Waals surface area contributed by atoms with E-state index in [4.69, 9.17) is 26.8 Å². The Morgan fingerprint density at radius 1 is 1.29 bits per heavy atom. The van der Waals surface area contributed by atoms with Crippen molar-refractivity contribution < 1.29 is 9.47 Å². The molecule has 0 saturated carbocycles. The second-order valence-corrected chi connectivity index (χ2v) is 4.39. The first-order valence-corrected chi connectivity index (χ1v) is 6.18. The van der Waals surface area contributed by atoms with Crippen molar-refractivity contribution in [1.29, 1.82) is 0 Å². The van der Waals surface area contributed by atoms with Gasteiger partial charge in [0, 0.05) is 6.04 Å². The number of methoxy groups -OCH3 is 2. The molecule has 96 valence electrons. The molecule has 0 radical (unpaired) electrons. The van der Waals surface area contributed by atoms with Crippen molar-refractivity contribution in [2.24, 2.45) is 5.73 Å². The van der Waals surface area contributed by atoms with Gasteiger partial charge in [0.2, 0.25) is 0 Å². The minimum atomic E-state index is -0.00717. The number of ether oxygens (including phenoxy) is 2. The van der Waals surface area contributed by atoms with Gasteiger partial charge in [0.05, 0.1) is 19.2 Å². The average Bonchev–Trinajstić information content (AvgIpc) is 2.34. The maximum Gasteiger partial charge on any atom is 0.179 e. The standard InChI is InChI=1S/C13H20ClNO2/c1-4-5-6-11(15)9-7-10(14)13(17-3)12(8-9)16-2/h7-8,11H,4-6,15H2,1-3H3. The summed E-state index contributed by atoms with van der Waals surface area (Å²) in [6.45, 7) is 2.15. The van der Waals surface area contributed by atoms with Crippen molar-refractivity contribution in [3.8, 4) is 11.5 Å². The lowest BCUT2D eigenvalue weighted by Crippen LogP contribution is -2.10. The molecule has 3 nitrogen and oxygen atoms in total. The van der Waals surface area contributed by atoms with E-state index in [1.54, 1.807) is 14.2 Å². The highest BCUT2D eigenvalue weighted by Crippen LogP contribution is 2.37. The molecule has 4 heteroatoms. The van der Waals surface area contributed by atoms with Crippen LogP contribution >= 0.6 is 11.6 Å². The summed E-state index contributed by atoms with van der Waals surface area (Å²) < 4.78 is 10.4. The Hall–Kier alpha value is -0.930. The van der Waals surface area contributed by atoms with Crippen molar-refractivity contribution in [2.75, 3.05) is 14.2 Å². The molecule has 0 aliphatic rings. The van der Waals surface area contributed by atoms with Crippen molar-refractivity contribution in [2.45, 2.75) is 32.2 Å². The fourth-order valence-electron chi connectivity index (χ4n) is 1.74. The van der Waals surface area contributed by atoms with Crippen molar-refractivity contribution in [3.05, 3.63) is 22.7 Å². The predicted octanol–water partition coefficient (Wildman–Crippen LogP) is 3.55. The van der Waals surface area contributed by atoms with E-state index in [0.29, 0.717) is 16.5 Å². The largest absolute Gasteiger partial charge is 0.493 e. The topological polar surface area (TPSA) is 44.5 Å². The Labute approximate surface area is 108 Å². The zero-order chi connectivity index (χ0) is 12.8. The molecule has 17 heavy (non-hydrogen) atoms. The Balaban J connectivity index is 2.98. The van der Waals surface area contributed by atoms with Crippen LogP contribution in [-0.2, 0) is 0 Å². The van der Waals surface area contributed by atoms with E-state index in [0.717, 1.165) is 24.8 Å². The molecule has 0 spiro atoms. The van der Waals surface area contributed by atoms with Gasteiger partial charge < -0.3 is 15.2 Å². The number of unbranched alkanes of at least 4 members (excludes halogenated alkanes) is 1. The third-order valence-corrected chi connectivity index (χ3v) is 3.03. The monoisotopic (exact) mass is 257 g/mol. The van der Waals surface area contributed by atoms with Gasteiger partial charge in [-0.25, -0.2) is 0 Å². The zero-order valence-electron chi connectivity index (χ0n) is 10.6. The second-order valence-electron chi connectivity index (χ2n) is 3.99. The number of hydrogen-bond acceptors (Lipinski definition) is 3. The third kappa shape index (κ3) is 3.51. The fraction of sp³-hybridized carbons (Fsp3) is 0.538. The summed E-state index contributed by atoms with van der Waals surface area (Å²) in [5, 5.41) is 0.536. The molecule has 1 unspecified atom stereocenters. The number of nitrogens with two attached hydrogens (primary N) is 1. The molecule has 0 fully saturated rings. The van der Waals surface area contributed by atoms with Gasteiger partial charge in [-0.1, -0.05) is 31.4 Å². The number of benzene rings is 1. The maximum atomic E-state index is 6.13. The molecule has 0 heterocycles. The van der Waals surface area contributed by atoms with Gasteiger partial charge in [-0.3, -0.25) is 0 Å². The highest BCUT2D eigenvalue weighted by atomic mass is 35.5. The van der Waals surface area contributed by atoms with Crippen LogP contribution in [0.1, 0.15) is 37.8 Å². The van der Waals surface area contributed by atoms with Gasteiger partial charge in [-0.15, -0.1) is 0 Å². The van der Waals surface area contributed by atoms with Crippen molar-refractivity contribution in [1.82, 2.24) is 0 Å². The van der Waals surface area contributed by atoms with E-state index in [1.807, 2.05) is 12.1 Å². The molecule has 2 N–H and O–H groups in total. The zero-order valence-corrected chi connectivity index (χ0v) is 11.4. The molecule has 0 amide bonds. The first-order valence-electron chi connectivity index (χ1n) is 5.81. The van der Waals surface area contributed by atoms with Crippen LogP contribution in [0, 0.1) is 0 Å². The summed E-state index contributed by atoms with van der Waals surface area (Å²) in [7, 11) is 3.16. The fourth-order valence-corrected chi connectivity index (χ4v) is 2.04. The maximum absolute atomic E-state index is 6.13. The molecule has 1 aromatic rings. The number of rotatable bonds is 6. The smallest absolute Gasteiger partial charge is 0.179 e. The van der Waals surface area contributed by atoms with Crippen LogP contribution in [0.2, 0.25) is 5.02 Å². The molecule has 0 bridgehead atoms. The van der Waals surface area contributed by atoms with Crippen LogP contribution in [0.3, 0.4) is 0 Å². The first kappa shape index (κ1) is 14.1. The molecule has 0 aliphatic carbocycles. The van der Waals surface area contributed by atoms with Crippen LogP contribution < -0.4 is 15.2 Å². The van der Waals surface area contributed by atoms with Crippen LogP contribution in [0.4, 0.5) is 0 Å². The highest BCUT2D eigenvalue weighted by Gasteiger charge is 2.14. The minimum Gasteiger partial charge on any atom is -0.493 e. The summed E-state index contributed by atoms with van der Waals surface area (Å²) in [5.74, 6) is 1.18. The van der Waals surface area contributed by atoms with Gasteiger partial charge in [0.25, 0.3) is 0 Å². The molecule has 0 aromatic heterocycles. The van der Waals surface area contributed by atoms with Crippen LogP contribution in [0.15, 0.2) is 12.1 Å². The van der Waals surface area contributed by atoms with Gasteiger partial charge in [0.1, 0.15) is 0 Å². The lowest BCUT2D eigenvalue weighted by Gasteiger charge is -2.16. The molecule has 1 atom stereocenters. The predicted molar refractivity (Wildman–Crippen MR) is 71.0 cm³/mol. The van der Waals surface area contributed by atoms with Gasteiger partial charge in [0.15, 0.2) is 11.5 Å². The van der Waals surface area contributed by atoms with E-state index in [9.17, 15) is 0 Å². The minimum absolute atomic E-state index is 0.00717. The summed E-state index contributed by atoms with van der Waals surface area (Å²) in [4.78, 5) is 0. The van der Waals surface area contributed by atoms with E-state index >= 15 is 0 Å². The molecule has 0 saturated heterocycles. The Kier molecular flexibility index (Phi) is 5.59. The second kappa shape index (κ2) is 6.72. The summed E-state index contributed by atoms with van der Waals surface area (Å²) in [6.07, 6.45) is 3.18.